The molecule has 0 radical (unpaired) electrons. The molecule has 0 spiro atoms. The Morgan fingerprint density at radius 2 is 1.81 bits per heavy atom. The smallest absolute Gasteiger partial charge is 0.404 e. The zero-order valence-corrected chi connectivity index (χ0v) is 24.1. The molecule has 1 fully saturated rings. The van der Waals surface area contributed by atoms with Crippen LogP contribution in [0.3, 0.4) is 0 Å². The molecule has 230 valence electrons. The monoisotopic (exact) mass is 641 g/mol. The fraction of sp³-hybridized carbons (Fsp3) is 0.500. The summed E-state index contributed by atoms with van der Waals surface area (Å²) in [5.74, 6) is -5.40. The SMILES string of the molecule is Cc1c(S(=O)(=O)NC(C)C(F)(F)F)ccc(-c2sc(-c3nnc(C(C)(C)O)o3)nc2C(=O)N2CCC(F)(F)CC2)c1F. The molecule has 0 saturated carbocycles. The van der Waals surface area contributed by atoms with E-state index in [2.05, 4.69) is 15.2 Å². The molecule has 0 bridgehead atoms. The Balaban J connectivity index is 1.80. The van der Waals surface area contributed by atoms with Crippen LogP contribution in [0, 0.1) is 12.7 Å². The quantitative estimate of drug-likeness (QED) is 0.356. The van der Waals surface area contributed by atoms with Crippen LogP contribution in [0.25, 0.3) is 21.3 Å². The molecule has 2 N–H and O–H groups in total. The van der Waals surface area contributed by atoms with Gasteiger partial charge in [-0.1, -0.05) is 0 Å². The molecule has 1 aliphatic heterocycles. The second kappa shape index (κ2) is 10.9. The van der Waals surface area contributed by atoms with Crippen LogP contribution in [0.5, 0.6) is 0 Å². The van der Waals surface area contributed by atoms with Gasteiger partial charge in [0.05, 0.1) is 9.77 Å². The number of hydrogen-bond donors (Lipinski definition) is 2. The van der Waals surface area contributed by atoms with Gasteiger partial charge in [-0.3, -0.25) is 4.79 Å². The summed E-state index contributed by atoms with van der Waals surface area (Å²) in [7, 11) is -4.82. The highest BCUT2D eigenvalue weighted by Gasteiger charge is 2.40. The van der Waals surface area contributed by atoms with Crippen LogP contribution in [0.15, 0.2) is 21.4 Å². The number of nitrogens with one attached hydrogen (secondary N) is 1. The fourth-order valence-corrected chi connectivity index (χ4v) is 6.44. The van der Waals surface area contributed by atoms with E-state index in [9.17, 15) is 40.3 Å². The summed E-state index contributed by atoms with van der Waals surface area (Å²) >= 11 is 0.694. The largest absolute Gasteiger partial charge is 0.415 e. The molecule has 1 atom stereocenters. The Bertz CT molecular complexity index is 1600. The molecular formula is C24H25F6N5O5S2. The van der Waals surface area contributed by atoms with Gasteiger partial charge in [-0.05, 0) is 39.8 Å². The van der Waals surface area contributed by atoms with Gasteiger partial charge in [-0.2, -0.15) is 17.9 Å². The van der Waals surface area contributed by atoms with Crippen molar-refractivity contribution in [1.82, 2.24) is 24.8 Å². The number of halogens is 6. The summed E-state index contributed by atoms with van der Waals surface area (Å²) in [6.45, 7) is 3.74. The lowest BCUT2D eigenvalue weighted by molar-refractivity contribution is -0.147. The minimum absolute atomic E-state index is 0.0897. The first-order valence-corrected chi connectivity index (χ1v) is 14.6. The van der Waals surface area contributed by atoms with Crippen molar-refractivity contribution in [2.45, 2.75) is 69.2 Å². The van der Waals surface area contributed by atoms with Crippen molar-refractivity contribution >= 4 is 27.3 Å². The molecule has 0 aliphatic carbocycles. The summed E-state index contributed by atoms with van der Waals surface area (Å²) in [4.78, 5) is 17.9. The number of aromatic nitrogens is 3. The highest BCUT2D eigenvalue weighted by Crippen LogP contribution is 2.40. The zero-order valence-electron chi connectivity index (χ0n) is 22.5. The maximum atomic E-state index is 15.8. The number of aliphatic hydroxyl groups is 1. The number of carbonyl (C=O) groups excluding carboxylic acids is 1. The molecule has 3 heterocycles. The maximum absolute atomic E-state index is 15.8. The molecule has 42 heavy (non-hydrogen) atoms. The van der Waals surface area contributed by atoms with Gasteiger partial charge in [-0.25, -0.2) is 26.6 Å². The molecule has 3 aromatic rings. The molecule has 2 aromatic heterocycles. The normalized spacial score (nSPS) is 17.0. The summed E-state index contributed by atoms with van der Waals surface area (Å²) in [5.41, 5.74) is -2.78. The van der Waals surface area contributed by atoms with Crippen LogP contribution in [0.4, 0.5) is 26.3 Å². The lowest BCUT2D eigenvalue weighted by Gasteiger charge is -2.31. The number of carbonyl (C=O) groups is 1. The van der Waals surface area contributed by atoms with Crippen LogP contribution in [0.2, 0.25) is 0 Å². The second-order valence-corrected chi connectivity index (χ2v) is 12.9. The van der Waals surface area contributed by atoms with Gasteiger partial charge in [0, 0.05) is 37.1 Å². The lowest BCUT2D eigenvalue weighted by Crippen LogP contribution is -2.43. The van der Waals surface area contributed by atoms with E-state index in [1.54, 1.807) is 0 Å². The van der Waals surface area contributed by atoms with E-state index in [0.29, 0.717) is 18.3 Å². The third-order valence-electron chi connectivity index (χ3n) is 6.44. The number of likely N-dealkylation sites (tertiary alicyclic amines) is 1. The van der Waals surface area contributed by atoms with Gasteiger partial charge in [0.2, 0.25) is 15.9 Å². The predicted octanol–water partition coefficient (Wildman–Crippen LogP) is 4.64. The fourth-order valence-electron chi connectivity index (χ4n) is 3.98. The number of benzene rings is 1. The Hall–Kier alpha value is -3.09. The summed E-state index contributed by atoms with van der Waals surface area (Å²) < 4.78 is 114. The van der Waals surface area contributed by atoms with E-state index in [1.807, 2.05) is 0 Å². The third kappa shape index (κ3) is 6.45. The average Bonchev–Trinajstić information content (AvgIpc) is 3.52. The number of amides is 1. The first kappa shape index (κ1) is 31.8. The molecule has 18 heteroatoms. The molecule has 1 aromatic carbocycles. The van der Waals surface area contributed by atoms with Crippen molar-refractivity contribution in [1.29, 1.82) is 0 Å². The molecule has 4 rings (SSSR count). The van der Waals surface area contributed by atoms with Crippen molar-refractivity contribution in [3.05, 3.63) is 35.1 Å². The van der Waals surface area contributed by atoms with E-state index < -0.39 is 68.8 Å². The zero-order chi connectivity index (χ0) is 31.4. The third-order valence-corrected chi connectivity index (χ3v) is 9.20. The number of thiazole rings is 1. The number of rotatable bonds is 7. The standard InChI is InChI=1S/C24H25F6N5O5S2/c1-11-14(42(38,39)34-12(2)24(28,29)30)6-5-13(15(11)25)17-16(20(36)35-9-7-23(26,27)8-10-35)31-19(41-17)18-32-33-21(40-18)22(3,4)37/h5-6,12,34,37H,7-10H2,1-4H3. The summed E-state index contributed by atoms with van der Waals surface area (Å²) in [6.07, 6.45) is -6.11. The van der Waals surface area contributed by atoms with Gasteiger partial charge < -0.3 is 14.4 Å². The van der Waals surface area contributed by atoms with E-state index >= 15 is 4.39 Å². The molecular weight excluding hydrogens is 616 g/mol. The van der Waals surface area contributed by atoms with Gasteiger partial charge in [-0.15, -0.1) is 21.5 Å². The highest BCUT2D eigenvalue weighted by atomic mass is 32.2. The number of alkyl halides is 5. The number of sulfonamides is 1. The Morgan fingerprint density at radius 1 is 1.19 bits per heavy atom. The van der Waals surface area contributed by atoms with Crippen LogP contribution in [-0.4, -0.2) is 70.7 Å². The van der Waals surface area contributed by atoms with Gasteiger partial charge in [0.25, 0.3) is 17.7 Å². The van der Waals surface area contributed by atoms with Crippen molar-refractivity contribution in [3.63, 3.8) is 0 Å². The van der Waals surface area contributed by atoms with Crippen LogP contribution >= 0.6 is 11.3 Å². The second-order valence-electron chi connectivity index (χ2n) is 10.3. The van der Waals surface area contributed by atoms with E-state index in [-0.39, 0.29) is 46.0 Å². The van der Waals surface area contributed by atoms with Crippen molar-refractivity contribution in [2.75, 3.05) is 13.1 Å². The molecule has 1 aliphatic rings. The van der Waals surface area contributed by atoms with E-state index in [4.69, 9.17) is 4.42 Å². The number of piperidine rings is 1. The Morgan fingerprint density at radius 3 is 2.36 bits per heavy atom. The minimum atomic E-state index is -4.90. The predicted molar refractivity (Wildman–Crippen MR) is 137 cm³/mol. The van der Waals surface area contributed by atoms with Crippen molar-refractivity contribution in [2.24, 2.45) is 0 Å². The van der Waals surface area contributed by atoms with Crippen molar-refractivity contribution < 1.29 is 49.1 Å². The van der Waals surface area contributed by atoms with Crippen molar-refractivity contribution in [3.8, 4) is 21.3 Å². The number of hydrogen-bond acceptors (Lipinski definition) is 9. The molecule has 1 amide bonds. The van der Waals surface area contributed by atoms with Gasteiger partial charge in [0.1, 0.15) is 23.2 Å². The van der Waals surface area contributed by atoms with E-state index in [1.165, 1.54) is 18.6 Å². The minimum Gasteiger partial charge on any atom is -0.415 e. The van der Waals surface area contributed by atoms with Crippen LogP contribution < -0.4 is 4.72 Å². The molecule has 1 saturated heterocycles. The van der Waals surface area contributed by atoms with Gasteiger partial charge in [0.15, 0.2) is 5.01 Å². The Labute approximate surface area is 239 Å². The first-order valence-electron chi connectivity index (χ1n) is 12.3. The van der Waals surface area contributed by atoms with Crippen LogP contribution in [0.1, 0.15) is 55.6 Å². The Kier molecular flexibility index (Phi) is 8.24. The number of nitrogens with zero attached hydrogens (tertiary/aromatic N) is 4. The highest BCUT2D eigenvalue weighted by molar-refractivity contribution is 7.89. The topological polar surface area (TPSA) is 139 Å². The lowest BCUT2D eigenvalue weighted by atomic mass is 10.0. The summed E-state index contributed by atoms with van der Waals surface area (Å²) in [5, 5.41) is 17.6. The molecule has 1 unspecified atom stereocenters. The van der Waals surface area contributed by atoms with Crippen LogP contribution in [-0.2, 0) is 15.6 Å². The molecule has 10 nitrogen and oxygen atoms in total. The first-order chi connectivity index (χ1) is 19.2. The van der Waals surface area contributed by atoms with Gasteiger partial charge >= 0.3 is 6.18 Å². The summed E-state index contributed by atoms with van der Waals surface area (Å²) in [6, 6.07) is -0.616. The van der Waals surface area contributed by atoms with E-state index in [0.717, 1.165) is 24.0 Å². The average molecular weight is 642 g/mol. The maximum Gasteiger partial charge on any atom is 0.404 e.